The predicted octanol–water partition coefficient (Wildman–Crippen LogP) is 1.55. The molecule has 194 valence electrons. The molecule has 0 radical (unpaired) electrons. The summed E-state index contributed by atoms with van der Waals surface area (Å²) in [4.78, 5) is 46.0. The molecule has 0 aliphatic carbocycles. The minimum absolute atomic E-state index is 0.169. The standard InChI is InChI=1S/C26H27N9O3/c1-2-23(37)30-18-4-3-5-20(14-18)35-17-29-25(38)21-16-28-26(32-24(21)35)31-19-6-7-22(27-15-19)34-10-8-33(9-11-34)12-13-36/h2-7,14-17,36H,1,8-13H2,(H,30,37)(H,28,31,32). The largest absolute Gasteiger partial charge is 0.395 e. The summed E-state index contributed by atoms with van der Waals surface area (Å²) in [5.41, 5.74) is 1.83. The number of piperazine rings is 1. The molecule has 1 amide bonds. The van der Waals surface area contributed by atoms with Crippen LogP contribution in [0.3, 0.4) is 0 Å². The number of fused-ring (bicyclic) bond motifs is 1. The van der Waals surface area contributed by atoms with Crippen LogP contribution in [0.25, 0.3) is 16.7 Å². The number of aliphatic hydroxyl groups excluding tert-OH is 1. The maximum absolute atomic E-state index is 12.4. The Kier molecular flexibility index (Phi) is 7.33. The molecule has 12 nitrogen and oxygen atoms in total. The van der Waals surface area contributed by atoms with Gasteiger partial charge in [0.05, 0.1) is 24.2 Å². The quantitative estimate of drug-likeness (QED) is 0.297. The summed E-state index contributed by atoms with van der Waals surface area (Å²) in [5.74, 6) is 0.838. The van der Waals surface area contributed by atoms with Crippen LogP contribution in [0.5, 0.6) is 0 Å². The number of benzene rings is 1. The van der Waals surface area contributed by atoms with Crippen molar-refractivity contribution in [3.63, 3.8) is 0 Å². The molecule has 0 unspecified atom stereocenters. The van der Waals surface area contributed by atoms with Gasteiger partial charge in [0, 0.05) is 44.6 Å². The molecule has 12 heteroatoms. The maximum atomic E-state index is 12.4. The molecule has 38 heavy (non-hydrogen) atoms. The number of pyridine rings is 1. The van der Waals surface area contributed by atoms with Gasteiger partial charge in [-0.2, -0.15) is 9.97 Å². The van der Waals surface area contributed by atoms with Crippen LogP contribution < -0.4 is 21.1 Å². The van der Waals surface area contributed by atoms with Gasteiger partial charge < -0.3 is 20.6 Å². The Labute approximate surface area is 218 Å². The van der Waals surface area contributed by atoms with E-state index in [1.807, 2.05) is 18.2 Å². The van der Waals surface area contributed by atoms with E-state index in [0.29, 0.717) is 35.2 Å². The number of hydrogen-bond donors (Lipinski definition) is 3. The van der Waals surface area contributed by atoms with Crippen molar-refractivity contribution >= 4 is 40.1 Å². The molecule has 1 aliphatic rings. The second-order valence-electron chi connectivity index (χ2n) is 8.68. The number of nitrogens with zero attached hydrogens (tertiary/aromatic N) is 7. The lowest BCUT2D eigenvalue weighted by Gasteiger charge is -2.35. The third-order valence-corrected chi connectivity index (χ3v) is 6.21. The number of aliphatic hydroxyl groups is 1. The number of carbonyl (C=O) groups excluding carboxylic acids is 1. The van der Waals surface area contributed by atoms with E-state index in [9.17, 15) is 9.59 Å². The third kappa shape index (κ3) is 5.51. The van der Waals surface area contributed by atoms with Crippen LogP contribution in [-0.4, -0.2) is 79.7 Å². The van der Waals surface area contributed by atoms with Crippen molar-refractivity contribution in [2.45, 2.75) is 0 Å². The van der Waals surface area contributed by atoms with Gasteiger partial charge in [-0.05, 0) is 36.4 Å². The fourth-order valence-electron chi connectivity index (χ4n) is 4.24. The van der Waals surface area contributed by atoms with Crippen molar-refractivity contribution in [2.24, 2.45) is 0 Å². The highest BCUT2D eigenvalue weighted by Gasteiger charge is 2.17. The lowest BCUT2D eigenvalue weighted by Crippen LogP contribution is -2.47. The highest BCUT2D eigenvalue weighted by atomic mass is 16.3. The molecule has 1 aliphatic heterocycles. The van der Waals surface area contributed by atoms with Gasteiger partial charge in [-0.15, -0.1) is 0 Å². The Balaban J connectivity index is 1.37. The molecule has 0 saturated carbocycles. The molecule has 3 aromatic heterocycles. The van der Waals surface area contributed by atoms with E-state index in [1.54, 1.807) is 29.0 Å². The molecular weight excluding hydrogens is 486 g/mol. The van der Waals surface area contributed by atoms with E-state index in [1.165, 1.54) is 18.6 Å². The summed E-state index contributed by atoms with van der Waals surface area (Å²) in [6.07, 6.45) is 5.74. The number of nitrogens with one attached hydrogen (secondary N) is 2. The molecule has 5 rings (SSSR count). The maximum Gasteiger partial charge on any atom is 0.283 e. The smallest absolute Gasteiger partial charge is 0.283 e. The Morgan fingerprint density at radius 2 is 1.89 bits per heavy atom. The zero-order valence-corrected chi connectivity index (χ0v) is 20.6. The Morgan fingerprint density at radius 1 is 1.05 bits per heavy atom. The molecule has 1 aromatic carbocycles. The fourth-order valence-corrected chi connectivity index (χ4v) is 4.24. The summed E-state index contributed by atoms with van der Waals surface area (Å²) in [6, 6.07) is 10.9. The number of β-amino-alcohol motifs (C(OH)–C–C–N with tert-alkyl or cyclic N) is 1. The Hall–Kier alpha value is -4.68. The summed E-state index contributed by atoms with van der Waals surface area (Å²) in [5, 5.41) is 15.3. The predicted molar refractivity (Wildman–Crippen MR) is 145 cm³/mol. The minimum Gasteiger partial charge on any atom is -0.395 e. The normalized spacial score (nSPS) is 13.9. The van der Waals surface area contributed by atoms with Crippen LogP contribution in [-0.2, 0) is 4.79 Å². The van der Waals surface area contributed by atoms with E-state index in [-0.39, 0.29) is 17.9 Å². The highest BCUT2D eigenvalue weighted by Crippen LogP contribution is 2.21. The fraction of sp³-hybridized carbons (Fsp3) is 0.231. The van der Waals surface area contributed by atoms with Crippen LogP contribution in [0.2, 0.25) is 0 Å². The summed E-state index contributed by atoms with van der Waals surface area (Å²) in [6.45, 7) is 7.78. The molecule has 0 bridgehead atoms. The van der Waals surface area contributed by atoms with Crippen LogP contribution in [0.4, 0.5) is 23.1 Å². The number of rotatable bonds is 8. The van der Waals surface area contributed by atoms with Crippen LogP contribution in [0.15, 0.2) is 72.6 Å². The van der Waals surface area contributed by atoms with Gasteiger partial charge in [0.25, 0.3) is 5.56 Å². The minimum atomic E-state index is -0.441. The van der Waals surface area contributed by atoms with Gasteiger partial charge in [0.15, 0.2) is 5.65 Å². The van der Waals surface area contributed by atoms with Crippen molar-refractivity contribution in [3.8, 4) is 5.69 Å². The second-order valence-corrected chi connectivity index (χ2v) is 8.68. The molecule has 1 fully saturated rings. The van der Waals surface area contributed by atoms with Crippen LogP contribution >= 0.6 is 0 Å². The van der Waals surface area contributed by atoms with Gasteiger partial charge in [-0.1, -0.05) is 12.6 Å². The monoisotopic (exact) mass is 513 g/mol. The molecule has 0 atom stereocenters. The first kappa shape index (κ1) is 25.0. The van der Waals surface area contributed by atoms with E-state index in [0.717, 1.165) is 32.0 Å². The number of anilines is 4. The summed E-state index contributed by atoms with van der Waals surface area (Å²) < 4.78 is 1.66. The topological polar surface area (TPSA) is 141 Å². The number of carbonyl (C=O) groups is 1. The lowest BCUT2D eigenvalue weighted by atomic mass is 10.2. The Bertz CT molecular complexity index is 1510. The van der Waals surface area contributed by atoms with E-state index in [4.69, 9.17) is 5.11 Å². The Morgan fingerprint density at radius 3 is 2.63 bits per heavy atom. The first-order valence-electron chi connectivity index (χ1n) is 12.1. The zero-order chi connectivity index (χ0) is 26.5. The van der Waals surface area contributed by atoms with Gasteiger partial charge in [0.1, 0.15) is 17.5 Å². The highest BCUT2D eigenvalue weighted by molar-refractivity contribution is 5.99. The van der Waals surface area contributed by atoms with Crippen molar-refractivity contribution in [1.29, 1.82) is 0 Å². The van der Waals surface area contributed by atoms with E-state index >= 15 is 0 Å². The number of amides is 1. The molecular formula is C26H27N9O3. The molecule has 3 N–H and O–H groups in total. The first-order chi connectivity index (χ1) is 18.5. The third-order valence-electron chi connectivity index (χ3n) is 6.21. The number of aromatic nitrogens is 5. The van der Waals surface area contributed by atoms with Gasteiger partial charge >= 0.3 is 0 Å². The SMILES string of the molecule is C=CC(=O)Nc1cccc(-n2cnc(=O)c3cnc(Nc4ccc(N5CCN(CCO)CC5)nc4)nc32)c1. The van der Waals surface area contributed by atoms with Crippen LogP contribution in [0, 0.1) is 0 Å². The lowest BCUT2D eigenvalue weighted by molar-refractivity contribution is -0.111. The van der Waals surface area contributed by atoms with Crippen molar-refractivity contribution in [2.75, 3.05) is 54.9 Å². The molecule has 0 spiro atoms. The van der Waals surface area contributed by atoms with Crippen molar-refractivity contribution in [3.05, 3.63) is 78.1 Å². The second kappa shape index (κ2) is 11.2. The van der Waals surface area contributed by atoms with Crippen molar-refractivity contribution in [1.82, 2.24) is 29.4 Å². The van der Waals surface area contributed by atoms with Gasteiger partial charge in [-0.25, -0.2) is 9.97 Å². The zero-order valence-electron chi connectivity index (χ0n) is 20.6. The van der Waals surface area contributed by atoms with E-state index in [2.05, 4.69) is 46.9 Å². The van der Waals surface area contributed by atoms with Crippen LogP contribution in [0.1, 0.15) is 0 Å². The summed E-state index contributed by atoms with van der Waals surface area (Å²) >= 11 is 0. The molecule has 4 heterocycles. The summed E-state index contributed by atoms with van der Waals surface area (Å²) in [7, 11) is 0. The first-order valence-corrected chi connectivity index (χ1v) is 12.1. The van der Waals surface area contributed by atoms with Crippen molar-refractivity contribution < 1.29 is 9.90 Å². The number of hydrogen-bond acceptors (Lipinski definition) is 10. The average Bonchev–Trinajstić information content (AvgIpc) is 2.94. The van der Waals surface area contributed by atoms with Gasteiger partial charge in [0.2, 0.25) is 11.9 Å². The van der Waals surface area contributed by atoms with E-state index < -0.39 is 5.56 Å². The molecule has 1 saturated heterocycles. The molecule has 4 aromatic rings. The average molecular weight is 514 g/mol. The van der Waals surface area contributed by atoms with Gasteiger partial charge in [-0.3, -0.25) is 19.1 Å².